The van der Waals surface area contributed by atoms with E-state index < -0.39 is 40.9 Å². The molecule has 0 radical (unpaired) electrons. The van der Waals surface area contributed by atoms with Crippen molar-refractivity contribution in [2.75, 3.05) is 0 Å². The zero-order chi connectivity index (χ0) is 25.0. The second kappa shape index (κ2) is 10.5. The summed E-state index contributed by atoms with van der Waals surface area (Å²) >= 11 is 11.6. The predicted octanol–water partition coefficient (Wildman–Crippen LogP) is 7.79. The Morgan fingerprint density at radius 3 is 2.15 bits per heavy atom. The molecule has 0 bridgehead atoms. The van der Waals surface area contributed by atoms with Gasteiger partial charge in [0.05, 0.1) is 23.0 Å². The van der Waals surface area contributed by atoms with Crippen LogP contribution in [0.15, 0.2) is 59.1 Å². The fourth-order valence-electron chi connectivity index (χ4n) is 4.08. The van der Waals surface area contributed by atoms with E-state index in [9.17, 15) is 28.3 Å². The average molecular weight is 500 g/mol. The van der Waals surface area contributed by atoms with Gasteiger partial charge in [0.15, 0.2) is 0 Å². The highest BCUT2D eigenvalue weighted by Gasteiger charge is 2.53. The normalized spacial score (nSPS) is 15.2. The molecule has 0 saturated heterocycles. The van der Waals surface area contributed by atoms with Crippen molar-refractivity contribution in [3.05, 3.63) is 70.2 Å². The number of allylic oxidation sites excluding steroid dienone is 1. The summed E-state index contributed by atoms with van der Waals surface area (Å²) in [6.07, 6.45) is -3.07. The molecule has 0 fully saturated rings. The highest BCUT2D eigenvalue weighted by atomic mass is 35.5. The summed E-state index contributed by atoms with van der Waals surface area (Å²) in [5.41, 5.74) is -2.00. The first-order chi connectivity index (χ1) is 15.3. The van der Waals surface area contributed by atoms with E-state index in [4.69, 9.17) is 27.9 Å². The van der Waals surface area contributed by atoms with Crippen molar-refractivity contribution < 1.29 is 27.8 Å². The predicted molar refractivity (Wildman–Crippen MR) is 120 cm³/mol. The van der Waals surface area contributed by atoms with Gasteiger partial charge in [0.2, 0.25) is 0 Å². The van der Waals surface area contributed by atoms with E-state index in [1.807, 2.05) is 0 Å². The first-order valence-corrected chi connectivity index (χ1v) is 10.7. The molecular weight excluding hydrogens is 478 g/mol. The fourth-order valence-corrected chi connectivity index (χ4v) is 4.45. The monoisotopic (exact) mass is 499 g/mol. The van der Waals surface area contributed by atoms with E-state index in [2.05, 4.69) is 6.07 Å². The SMILES string of the molecule is CC(C)C(C(=O)O)(C(C)C=C(Cl)Cl)C(C#N)c1cccc(Oc2ccc(C(F)(F)F)cc2)c1. The summed E-state index contributed by atoms with van der Waals surface area (Å²) in [6.45, 7) is 5.03. The Labute approximate surface area is 200 Å². The Bertz CT molecular complexity index is 1060. The van der Waals surface area contributed by atoms with Crippen LogP contribution >= 0.6 is 23.2 Å². The van der Waals surface area contributed by atoms with Crippen LogP contribution in [0.3, 0.4) is 0 Å². The maximum absolute atomic E-state index is 12.8. The summed E-state index contributed by atoms with van der Waals surface area (Å²) in [4.78, 5) is 12.6. The molecule has 2 rings (SSSR count). The summed E-state index contributed by atoms with van der Waals surface area (Å²) in [6, 6.07) is 12.5. The molecule has 0 amide bonds. The van der Waals surface area contributed by atoms with Crippen molar-refractivity contribution in [3.8, 4) is 17.6 Å². The van der Waals surface area contributed by atoms with Crippen molar-refractivity contribution in [2.24, 2.45) is 17.3 Å². The molecule has 0 aliphatic heterocycles. The lowest BCUT2D eigenvalue weighted by molar-refractivity contribution is -0.155. The number of alkyl halides is 3. The third-order valence-electron chi connectivity index (χ3n) is 5.67. The van der Waals surface area contributed by atoms with E-state index in [1.165, 1.54) is 24.3 Å². The number of benzene rings is 2. The third-order valence-corrected chi connectivity index (χ3v) is 5.92. The van der Waals surface area contributed by atoms with Gasteiger partial charge in [-0.05, 0) is 53.8 Å². The van der Waals surface area contributed by atoms with Crippen molar-refractivity contribution in [1.29, 1.82) is 5.26 Å². The van der Waals surface area contributed by atoms with E-state index in [0.29, 0.717) is 5.56 Å². The number of nitriles is 1. The minimum absolute atomic E-state index is 0.107. The van der Waals surface area contributed by atoms with E-state index in [-0.39, 0.29) is 16.0 Å². The van der Waals surface area contributed by atoms with Gasteiger partial charge in [-0.1, -0.05) is 62.2 Å². The van der Waals surface area contributed by atoms with Crippen molar-refractivity contribution >= 4 is 29.2 Å². The molecule has 176 valence electrons. The number of hydrogen-bond acceptors (Lipinski definition) is 3. The topological polar surface area (TPSA) is 70.3 Å². The molecule has 9 heteroatoms. The lowest BCUT2D eigenvalue weighted by Gasteiger charge is -2.41. The molecule has 3 atom stereocenters. The Balaban J connectivity index is 2.49. The third kappa shape index (κ3) is 5.82. The van der Waals surface area contributed by atoms with Crippen LogP contribution in [0.4, 0.5) is 13.2 Å². The van der Waals surface area contributed by atoms with Gasteiger partial charge in [0.25, 0.3) is 0 Å². The van der Waals surface area contributed by atoms with Crippen LogP contribution in [-0.2, 0) is 11.0 Å². The molecule has 0 spiro atoms. The van der Waals surface area contributed by atoms with Crippen LogP contribution < -0.4 is 4.74 Å². The summed E-state index contributed by atoms with van der Waals surface area (Å²) in [5, 5.41) is 20.3. The van der Waals surface area contributed by atoms with Gasteiger partial charge in [-0.3, -0.25) is 4.79 Å². The Morgan fingerprint density at radius 2 is 1.70 bits per heavy atom. The summed E-state index contributed by atoms with van der Waals surface area (Å²) < 4.78 is 43.9. The average Bonchev–Trinajstić information content (AvgIpc) is 2.70. The largest absolute Gasteiger partial charge is 0.481 e. The van der Waals surface area contributed by atoms with Crippen LogP contribution in [0.5, 0.6) is 11.5 Å². The molecule has 1 N–H and O–H groups in total. The number of carboxylic acid groups (broad SMARTS) is 1. The van der Waals surface area contributed by atoms with Crippen molar-refractivity contribution in [1.82, 2.24) is 0 Å². The maximum atomic E-state index is 12.8. The molecule has 0 aliphatic carbocycles. The zero-order valence-electron chi connectivity index (χ0n) is 18.0. The molecule has 0 saturated carbocycles. The number of rotatable bonds is 8. The molecule has 0 heterocycles. The van der Waals surface area contributed by atoms with Crippen LogP contribution in [-0.4, -0.2) is 11.1 Å². The number of nitrogens with zero attached hydrogens (tertiary/aromatic N) is 1. The highest BCUT2D eigenvalue weighted by molar-refractivity contribution is 6.55. The van der Waals surface area contributed by atoms with E-state index in [1.54, 1.807) is 39.0 Å². The molecule has 2 aromatic carbocycles. The minimum atomic E-state index is -4.47. The molecule has 4 nitrogen and oxygen atoms in total. The highest BCUT2D eigenvalue weighted by Crippen LogP contribution is 2.50. The summed E-state index contributed by atoms with van der Waals surface area (Å²) in [7, 11) is 0. The molecule has 3 unspecified atom stereocenters. The van der Waals surface area contributed by atoms with Crippen LogP contribution in [0.25, 0.3) is 0 Å². The van der Waals surface area contributed by atoms with Crippen LogP contribution in [0, 0.1) is 28.6 Å². The molecule has 33 heavy (non-hydrogen) atoms. The Morgan fingerprint density at radius 1 is 1.09 bits per heavy atom. The first kappa shape index (κ1) is 26.6. The summed E-state index contributed by atoms with van der Waals surface area (Å²) in [5.74, 6) is -3.08. The smallest absolute Gasteiger partial charge is 0.416 e. The molecule has 2 aromatic rings. The van der Waals surface area contributed by atoms with Crippen molar-refractivity contribution in [3.63, 3.8) is 0 Å². The van der Waals surface area contributed by atoms with Gasteiger partial charge in [0, 0.05) is 0 Å². The van der Waals surface area contributed by atoms with Gasteiger partial charge in [0.1, 0.15) is 16.0 Å². The van der Waals surface area contributed by atoms with Gasteiger partial charge in [-0.2, -0.15) is 18.4 Å². The van der Waals surface area contributed by atoms with Crippen molar-refractivity contribution in [2.45, 2.75) is 32.9 Å². The molecule has 0 aliphatic rings. The molecular formula is C24H22Cl2F3NO3. The van der Waals surface area contributed by atoms with Gasteiger partial charge < -0.3 is 9.84 Å². The van der Waals surface area contributed by atoms with E-state index >= 15 is 0 Å². The molecule has 0 aromatic heterocycles. The minimum Gasteiger partial charge on any atom is -0.481 e. The Hall–Kier alpha value is -2.69. The maximum Gasteiger partial charge on any atom is 0.416 e. The lowest BCUT2D eigenvalue weighted by atomic mass is 9.59. The number of carboxylic acids is 1. The fraction of sp³-hybridized carbons (Fsp3) is 0.333. The standard InChI is InChI=1S/C24H22Cl2F3NO3/c1-14(2)23(22(31)32,15(3)11-21(25)26)20(13-30)16-5-4-6-19(12-16)33-18-9-7-17(8-10-18)24(27,28)29/h4-12,14-15,20H,1-3H3,(H,31,32). The quantitative estimate of drug-likeness (QED) is 0.402. The lowest BCUT2D eigenvalue weighted by Crippen LogP contribution is -2.46. The van der Waals surface area contributed by atoms with E-state index in [0.717, 1.165) is 12.1 Å². The van der Waals surface area contributed by atoms with Crippen LogP contribution in [0.1, 0.15) is 37.8 Å². The van der Waals surface area contributed by atoms with Gasteiger partial charge >= 0.3 is 12.1 Å². The number of hydrogen-bond donors (Lipinski definition) is 1. The number of aliphatic carboxylic acids is 1. The number of halogens is 5. The number of carbonyl (C=O) groups is 1. The second-order valence-corrected chi connectivity index (χ2v) is 8.90. The first-order valence-electron chi connectivity index (χ1n) is 9.94. The van der Waals surface area contributed by atoms with Gasteiger partial charge in [-0.25, -0.2) is 0 Å². The van der Waals surface area contributed by atoms with Gasteiger partial charge in [-0.15, -0.1) is 0 Å². The Kier molecular flexibility index (Phi) is 8.45. The van der Waals surface area contributed by atoms with Crippen LogP contribution in [0.2, 0.25) is 0 Å². The zero-order valence-corrected chi connectivity index (χ0v) is 19.5. The number of ether oxygens (including phenoxy) is 1. The second-order valence-electron chi connectivity index (χ2n) is 7.90.